The molecule has 8 heteroatoms. The number of carbonyl (C=O) groups excluding carboxylic acids is 1. The van der Waals surface area contributed by atoms with Gasteiger partial charge >= 0.3 is 12.1 Å². The van der Waals surface area contributed by atoms with Gasteiger partial charge in [-0.05, 0) is 12.1 Å². The van der Waals surface area contributed by atoms with E-state index in [1.807, 2.05) is 0 Å². The number of rotatable bonds is 4. The second-order valence-corrected chi connectivity index (χ2v) is 3.35. The van der Waals surface area contributed by atoms with E-state index in [1.165, 1.54) is 0 Å². The predicted molar refractivity (Wildman–Crippen MR) is 55.8 cm³/mol. The first kappa shape index (κ1) is 14.2. The highest BCUT2D eigenvalue weighted by molar-refractivity contribution is 5.74. The summed E-state index contributed by atoms with van der Waals surface area (Å²) in [6.07, 6.45) is -5.19. The second kappa shape index (κ2) is 5.67. The fourth-order valence-corrected chi connectivity index (χ4v) is 1.09. The van der Waals surface area contributed by atoms with Crippen molar-refractivity contribution in [1.29, 1.82) is 0 Å². The zero-order valence-corrected chi connectivity index (χ0v) is 9.36. The minimum atomic E-state index is -4.45. The predicted octanol–water partition coefficient (Wildman–Crippen LogP) is 1.05. The third-order valence-corrected chi connectivity index (χ3v) is 2.04. The molecule has 5 nitrogen and oxygen atoms in total. The van der Waals surface area contributed by atoms with Crippen LogP contribution >= 0.6 is 0 Å². The molecule has 0 unspecified atom stereocenters. The molecule has 0 aliphatic rings. The molecule has 0 bridgehead atoms. The maximum Gasteiger partial charge on any atom is 0.417 e. The van der Waals surface area contributed by atoms with Gasteiger partial charge in [-0.25, -0.2) is 9.78 Å². The van der Waals surface area contributed by atoms with Crippen LogP contribution in [0.15, 0.2) is 18.3 Å². The van der Waals surface area contributed by atoms with Crippen LogP contribution in [-0.4, -0.2) is 35.8 Å². The topological polar surface area (TPSA) is 71.5 Å². The van der Waals surface area contributed by atoms with Gasteiger partial charge in [0.25, 0.3) is 0 Å². The lowest BCUT2D eigenvalue weighted by Gasteiger charge is -2.11. The molecule has 0 amide bonds. The van der Waals surface area contributed by atoms with E-state index in [-0.39, 0.29) is 12.4 Å². The number of aliphatic hydroxyl groups is 1. The van der Waals surface area contributed by atoms with E-state index in [9.17, 15) is 23.1 Å². The van der Waals surface area contributed by atoms with E-state index < -0.39 is 23.8 Å². The van der Waals surface area contributed by atoms with Crippen molar-refractivity contribution in [3.8, 4) is 0 Å². The fraction of sp³-hybridized carbons (Fsp3) is 0.400. The molecule has 0 aliphatic heterocycles. The molecule has 0 saturated carbocycles. The summed E-state index contributed by atoms with van der Waals surface area (Å²) in [5, 5.41) is 11.7. The van der Waals surface area contributed by atoms with Gasteiger partial charge < -0.3 is 15.2 Å². The van der Waals surface area contributed by atoms with Gasteiger partial charge in [0, 0.05) is 6.20 Å². The smallest absolute Gasteiger partial charge is 0.417 e. The Morgan fingerprint density at radius 3 is 2.67 bits per heavy atom. The standard InChI is InChI=1S/C10H11F3N2O3/c1-18-9(17)7(16)5-15-8-3-2-6(4-14-8)10(11,12)13/h2-4,7,16H,5H2,1H3,(H,14,15)/t7-/m0/s1. The van der Waals surface area contributed by atoms with E-state index in [0.29, 0.717) is 6.20 Å². The number of nitrogens with one attached hydrogen (secondary N) is 1. The summed E-state index contributed by atoms with van der Waals surface area (Å²) in [5.41, 5.74) is -0.874. The van der Waals surface area contributed by atoms with E-state index in [0.717, 1.165) is 19.2 Å². The molecule has 0 saturated heterocycles. The Bertz CT molecular complexity index is 406. The summed E-state index contributed by atoms with van der Waals surface area (Å²) < 4.78 is 40.9. The molecule has 1 aromatic rings. The number of hydrogen-bond acceptors (Lipinski definition) is 5. The SMILES string of the molecule is COC(=O)[C@@H](O)CNc1ccc(C(F)(F)F)cn1. The van der Waals surface area contributed by atoms with E-state index in [1.54, 1.807) is 0 Å². The molecule has 18 heavy (non-hydrogen) atoms. The molecule has 1 aromatic heterocycles. The molecule has 0 aliphatic carbocycles. The molecule has 1 rings (SSSR count). The highest BCUT2D eigenvalue weighted by atomic mass is 19.4. The van der Waals surface area contributed by atoms with E-state index in [4.69, 9.17) is 0 Å². The normalized spacial score (nSPS) is 12.9. The Labute approximate surface area is 101 Å². The first-order valence-corrected chi connectivity index (χ1v) is 4.87. The van der Waals surface area contributed by atoms with Gasteiger partial charge in [-0.2, -0.15) is 13.2 Å². The van der Waals surface area contributed by atoms with Gasteiger partial charge in [-0.15, -0.1) is 0 Å². The largest absolute Gasteiger partial charge is 0.467 e. The second-order valence-electron chi connectivity index (χ2n) is 3.35. The molecule has 1 heterocycles. The van der Waals surface area contributed by atoms with Crippen LogP contribution in [0.4, 0.5) is 19.0 Å². The number of hydrogen-bond donors (Lipinski definition) is 2. The number of ether oxygens (including phenoxy) is 1. The van der Waals surface area contributed by atoms with Crippen molar-refractivity contribution in [3.05, 3.63) is 23.9 Å². The average Bonchev–Trinajstić information content (AvgIpc) is 2.34. The first-order valence-electron chi connectivity index (χ1n) is 4.87. The van der Waals surface area contributed by atoms with Crippen LogP contribution in [0.25, 0.3) is 0 Å². The molecule has 100 valence electrons. The van der Waals surface area contributed by atoms with Crippen LogP contribution in [0.2, 0.25) is 0 Å². The number of aliphatic hydroxyl groups excluding tert-OH is 1. The molecule has 1 atom stereocenters. The summed E-state index contributed by atoms with van der Waals surface area (Å²) in [7, 11) is 1.11. The van der Waals surface area contributed by atoms with Gasteiger partial charge in [-0.3, -0.25) is 0 Å². The first-order chi connectivity index (χ1) is 8.34. The molecule has 2 N–H and O–H groups in total. The average molecular weight is 264 g/mol. The summed E-state index contributed by atoms with van der Waals surface area (Å²) in [5.74, 6) is -0.722. The number of pyridine rings is 1. The Hall–Kier alpha value is -1.83. The van der Waals surface area contributed by atoms with Crippen LogP contribution in [0.1, 0.15) is 5.56 Å². The Morgan fingerprint density at radius 1 is 1.56 bits per heavy atom. The molecular formula is C10H11F3N2O3. The number of aromatic nitrogens is 1. The van der Waals surface area contributed by atoms with Crippen molar-refractivity contribution < 1.29 is 27.8 Å². The zero-order valence-electron chi connectivity index (χ0n) is 9.36. The number of anilines is 1. The van der Waals surface area contributed by atoms with Gasteiger partial charge in [0.15, 0.2) is 6.10 Å². The third-order valence-electron chi connectivity index (χ3n) is 2.04. The Kier molecular flexibility index (Phi) is 4.49. The number of methoxy groups -OCH3 is 1. The number of esters is 1. The Morgan fingerprint density at radius 2 is 2.22 bits per heavy atom. The lowest BCUT2D eigenvalue weighted by atomic mass is 10.3. The van der Waals surface area contributed by atoms with Crippen molar-refractivity contribution in [2.45, 2.75) is 12.3 Å². The minimum Gasteiger partial charge on any atom is -0.467 e. The quantitative estimate of drug-likeness (QED) is 0.795. The summed E-state index contributed by atoms with van der Waals surface area (Å²) in [4.78, 5) is 14.3. The van der Waals surface area contributed by atoms with Crippen molar-refractivity contribution in [2.75, 3.05) is 19.0 Å². The summed E-state index contributed by atoms with van der Waals surface area (Å²) in [6.45, 7) is -0.203. The molecule has 0 fully saturated rings. The maximum atomic E-state index is 12.2. The lowest BCUT2D eigenvalue weighted by Crippen LogP contribution is -2.29. The minimum absolute atomic E-state index is 0.117. The highest BCUT2D eigenvalue weighted by Crippen LogP contribution is 2.28. The van der Waals surface area contributed by atoms with Gasteiger partial charge in [0.2, 0.25) is 0 Å². The molecule has 0 radical (unpaired) electrons. The summed E-state index contributed by atoms with van der Waals surface area (Å²) >= 11 is 0. The molecular weight excluding hydrogens is 253 g/mol. The number of alkyl halides is 3. The number of halogens is 3. The molecule has 0 spiro atoms. The van der Waals surface area contributed by atoms with Gasteiger partial charge in [-0.1, -0.05) is 0 Å². The van der Waals surface area contributed by atoms with Crippen molar-refractivity contribution >= 4 is 11.8 Å². The lowest BCUT2D eigenvalue weighted by molar-refractivity contribution is -0.149. The van der Waals surface area contributed by atoms with Gasteiger partial charge in [0.05, 0.1) is 19.2 Å². The van der Waals surface area contributed by atoms with Crippen LogP contribution in [0.3, 0.4) is 0 Å². The van der Waals surface area contributed by atoms with E-state index >= 15 is 0 Å². The van der Waals surface area contributed by atoms with Crippen LogP contribution < -0.4 is 5.32 Å². The van der Waals surface area contributed by atoms with E-state index in [2.05, 4.69) is 15.0 Å². The molecule has 0 aromatic carbocycles. The van der Waals surface area contributed by atoms with Crippen LogP contribution in [0, 0.1) is 0 Å². The zero-order chi connectivity index (χ0) is 13.8. The van der Waals surface area contributed by atoms with Gasteiger partial charge in [0.1, 0.15) is 5.82 Å². The van der Waals surface area contributed by atoms with Crippen LogP contribution in [0.5, 0.6) is 0 Å². The Balaban J connectivity index is 2.57. The fourth-order valence-electron chi connectivity index (χ4n) is 1.09. The number of carbonyl (C=O) groups is 1. The van der Waals surface area contributed by atoms with Crippen molar-refractivity contribution in [3.63, 3.8) is 0 Å². The monoisotopic (exact) mass is 264 g/mol. The third kappa shape index (κ3) is 3.88. The van der Waals surface area contributed by atoms with Crippen molar-refractivity contribution in [2.24, 2.45) is 0 Å². The van der Waals surface area contributed by atoms with Crippen molar-refractivity contribution in [1.82, 2.24) is 4.98 Å². The number of nitrogens with zero attached hydrogens (tertiary/aromatic N) is 1. The maximum absolute atomic E-state index is 12.2. The van der Waals surface area contributed by atoms with Crippen LogP contribution in [-0.2, 0) is 15.7 Å². The highest BCUT2D eigenvalue weighted by Gasteiger charge is 2.30. The summed E-state index contributed by atoms with van der Waals surface area (Å²) in [6, 6.07) is 1.95.